The van der Waals surface area contributed by atoms with E-state index in [1.807, 2.05) is 0 Å². The zero-order chi connectivity index (χ0) is 12.1. The lowest BCUT2D eigenvalue weighted by atomic mass is 10.1. The van der Waals surface area contributed by atoms with E-state index in [2.05, 4.69) is 0 Å². The Labute approximate surface area is 83.2 Å². The van der Waals surface area contributed by atoms with Crippen LogP contribution in [-0.4, -0.2) is 6.08 Å². The van der Waals surface area contributed by atoms with Crippen LogP contribution in [0.3, 0.4) is 0 Å². The third kappa shape index (κ3) is 4.15. The summed E-state index contributed by atoms with van der Waals surface area (Å²) in [5.41, 5.74) is 9.13. The molecule has 4 nitrogen and oxygen atoms in total. The van der Waals surface area contributed by atoms with E-state index < -0.39 is 11.7 Å². The molecule has 15 heavy (non-hydrogen) atoms. The zero-order valence-corrected chi connectivity index (χ0v) is 7.43. The Hall–Kier alpha value is -2.01. The van der Waals surface area contributed by atoms with Gasteiger partial charge in [-0.25, -0.2) is 10.2 Å². The zero-order valence-electron chi connectivity index (χ0n) is 7.43. The topological polar surface area (TPSA) is 93.0 Å². The highest BCUT2D eigenvalue weighted by Gasteiger charge is 2.32. The minimum absolute atomic E-state index is 0.0523. The van der Waals surface area contributed by atoms with Crippen molar-refractivity contribution in [3.63, 3.8) is 0 Å². The number of rotatable bonds is 0. The van der Waals surface area contributed by atoms with Crippen LogP contribution in [0, 0.1) is 5.41 Å². The summed E-state index contributed by atoms with van der Waals surface area (Å²) in [5, 5.41) is 5.40. The molecular weight excluding hydrogens is 211 g/mol. The summed E-state index contributed by atoms with van der Waals surface area (Å²) in [5.74, 6) is 0. The summed E-state index contributed by atoms with van der Waals surface area (Å²) in [6.45, 7) is 0. The molecule has 5 N–H and O–H groups in total. The van der Waals surface area contributed by atoms with Crippen molar-refractivity contribution in [1.82, 2.24) is 0 Å². The fourth-order valence-electron chi connectivity index (χ4n) is 0.819. The third-order valence-corrected chi connectivity index (χ3v) is 1.38. The highest BCUT2D eigenvalue weighted by atomic mass is 19.4. The van der Waals surface area contributed by atoms with Crippen molar-refractivity contribution in [2.24, 2.45) is 0 Å². The van der Waals surface area contributed by atoms with Crippen LogP contribution in [0.15, 0.2) is 18.2 Å². The van der Waals surface area contributed by atoms with E-state index in [1.165, 1.54) is 6.07 Å². The molecule has 82 valence electrons. The molecule has 1 aromatic rings. The third-order valence-electron chi connectivity index (χ3n) is 1.38. The monoisotopic (exact) mass is 219 g/mol. The van der Waals surface area contributed by atoms with Crippen LogP contribution in [0.5, 0.6) is 0 Å². The summed E-state index contributed by atoms with van der Waals surface area (Å²) in [6, 6.07) is 3.28. The van der Waals surface area contributed by atoms with E-state index in [0.29, 0.717) is 0 Å². The van der Waals surface area contributed by atoms with Crippen LogP contribution < -0.4 is 11.5 Å². The van der Waals surface area contributed by atoms with Crippen LogP contribution in [0.25, 0.3) is 0 Å². The summed E-state index contributed by atoms with van der Waals surface area (Å²) < 4.78 is 36.3. The first-order valence-corrected chi connectivity index (χ1v) is 3.59. The van der Waals surface area contributed by atoms with Crippen molar-refractivity contribution < 1.29 is 18.0 Å². The molecule has 0 saturated carbocycles. The first kappa shape index (κ1) is 13.0. The first-order valence-electron chi connectivity index (χ1n) is 3.59. The molecule has 0 fully saturated rings. The molecule has 0 aromatic heterocycles. The maximum Gasteiger partial charge on any atom is 0.418 e. The van der Waals surface area contributed by atoms with Gasteiger partial charge in [0.15, 0.2) is 0 Å². The van der Waals surface area contributed by atoms with Crippen molar-refractivity contribution in [3.8, 4) is 0 Å². The summed E-state index contributed by atoms with van der Waals surface area (Å²) in [4.78, 5) is 8.35. The number of nitrogens with one attached hydrogen (secondary N) is 1. The highest BCUT2D eigenvalue weighted by Crippen LogP contribution is 2.34. The smallest absolute Gasteiger partial charge is 0.399 e. The van der Waals surface area contributed by atoms with E-state index in [-0.39, 0.29) is 11.4 Å². The number of halogens is 3. The van der Waals surface area contributed by atoms with Crippen molar-refractivity contribution in [2.45, 2.75) is 6.18 Å². The van der Waals surface area contributed by atoms with Gasteiger partial charge in [-0.15, -0.1) is 0 Å². The van der Waals surface area contributed by atoms with Crippen LogP contribution >= 0.6 is 0 Å². The lowest BCUT2D eigenvalue weighted by Gasteiger charge is -2.09. The van der Waals surface area contributed by atoms with E-state index in [9.17, 15) is 13.2 Å². The Morgan fingerprint density at radius 3 is 2.07 bits per heavy atom. The molecule has 0 aliphatic carbocycles. The van der Waals surface area contributed by atoms with E-state index in [0.717, 1.165) is 18.2 Å². The first-order chi connectivity index (χ1) is 6.82. The molecule has 0 aliphatic heterocycles. The Kier molecular flexibility index (Phi) is 4.34. The molecule has 0 bridgehead atoms. The molecule has 0 saturated heterocycles. The van der Waals surface area contributed by atoms with E-state index >= 15 is 0 Å². The highest BCUT2D eigenvalue weighted by molar-refractivity contribution is 5.56. The normalized spacial score (nSPS) is 9.80. The molecular formula is C8H8F3N3O. The number of carbonyl (C=O) groups excluding carboxylic acids is 1. The number of anilines is 2. The molecule has 0 aliphatic rings. The van der Waals surface area contributed by atoms with Gasteiger partial charge >= 0.3 is 6.18 Å². The number of nitrogen functional groups attached to an aromatic ring is 2. The maximum atomic E-state index is 12.1. The van der Waals surface area contributed by atoms with E-state index in [4.69, 9.17) is 21.7 Å². The lowest BCUT2D eigenvalue weighted by molar-refractivity contribution is -0.136. The van der Waals surface area contributed by atoms with Crippen molar-refractivity contribution >= 4 is 17.5 Å². The number of isocyanates is 1. The van der Waals surface area contributed by atoms with Gasteiger partial charge in [0.2, 0.25) is 6.08 Å². The summed E-state index contributed by atoms with van der Waals surface area (Å²) in [6.07, 6.45) is -3.68. The molecule has 1 aromatic carbocycles. The number of hydrogen-bond donors (Lipinski definition) is 3. The SMILES string of the molecule is N=C=O.Nc1ccc(N)c(C(F)(F)F)c1. The molecule has 0 heterocycles. The Morgan fingerprint density at radius 1 is 1.27 bits per heavy atom. The number of alkyl halides is 3. The minimum atomic E-state index is -4.43. The quantitative estimate of drug-likeness (QED) is 0.352. The van der Waals surface area contributed by atoms with Gasteiger partial charge in [-0.1, -0.05) is 0 Å². The average molecular weight is 219 g/mol. The molecule has 0 spiro atoms. The van der Waals surface area contributed by atoms with Gasteiger partial charge < -0.3 is 11.5 Å². The van der Waals surface area contributed by atoms with Gasteiger partial charge in [0, 0.05) is 11.4 Å². The largest absolute Gasteiger partial charge is 0.418 e. The summed E-state index contributed by atoms with van der Waals surface area (Å²) >= 11 is 0. The molecule has 0 unspecified atom stereocenters. The van der Waals surface area contributed by atoms with Crippen LogP contribution in [0.1, 0.15) is 5.56 Å². The maximum absolute atomic E-state index is 12.1. The Bertz CT molecular complexity index is 370. The predicted molar refractivity (Wildman–Crippen MR) is 48.7 cm³/mol. The second-order valence-corrected chi connectivity index (χ2v) is 2.45. The van der Waals surface area contributed by atoms with E-state index in [1.54, 1.807) is 0 Å². The van der Waals surface area contributed by atoms with Gasteiger partial charge in [-0.3, -0.25) is 0 Å². The van der Waals surface area contributed by atoms with Gasteiger partial charge in [-0.2, -0.15) is 13.2 Å². The number of hydrogen-bond acceptors (Lipinski definition) is 4. The number of nitrogens with two attached hydrogens (primary N) is 2. The second-order valence-electron chi connectivity index (χ2n) is 2.45. The molecule has 7 heteroatoms. The van der Waals surface area contributed by atoms with Gasteiger partial charge in [-0.05, 0) is 18.2 Å². The second kappa shape index (κ2) is 5.02. The molecule has 0 amide bonds. The molecule has 0 atom stereocenters. The standard InChI is InChI=1S/C7H7F3N2.CHNO/c8-7(9,10)5-3-4(11)1-2-6(5)12;2-1-3/h1-3H,11-12H2;2H. The van der Waals surface area contributed by atoms with Crippen molar-refractivity contribution in [2.75, 3.05) is 11.5 Å². The van der Waals surface area contributed by atoms with Crippen molar-refractivity contribution in [3.05, 3.63) is 23.8 Å². The van der Waals surface area contributed by atoms with Gasteiger partial charge in [0.1, 0.15) is 0 Å². The lowest BCUT2D eigenvalue weighted by Crippen LogP contribution is -2.09. The predicted octanol–water partition coefficient (Wildman–Crippen LogP) is 1.77. The fraction of sp³-hybridized carbons (Fsp3) is 0.125. The Balaban J connectivity index is 0.000000583. The fourth-order valence-corrected chi connectivity index (χ4v) is 0.819. The van der Waals surface area contributed by atoms with Crippen LogP contribution in [-0.2, 0) is 11.0 Å². The Morgan fingerprint density at radius 2 is 1.73 bits per heavy atom. The number of benzene rings is 1. The van der Waals surface area contributed by atoms with Gasteiger partial charge in [0.25, 0.3) is 0 Å². The molecule has 1 rings (SSSR count). The molecule has 0 radical (unpaired) electrons. The van der Waals surface area contributed by atoms with Crippen LogP contribution in [0.4, 0.5) is 24.5 Å². The van der Waals surface area contributed by atoms with Gasteiger partial charge in [0.05, 0.1) is 5.56 Å². The summed E-state index contributed by atoms with van der Waals surface area (Å²) in [7, 11) is 0. The minimum Gasteiger partial charge on any atom is -0.399 e. The van der Waals surface area contributed by atoms with Crippen molar-refractivity contribution in [1.29, 1.82) is 5.41 Å². The average Bonchev–Trinajstić information content (AvgIpc) is 2.09. The van der Waals surface area contributed by atoms with Crippen LogP contribution in [0.2, 0.25) is 0 Å².